The minimum atomic E-state index is -0.708. The van der Waals surface area contributed by atoms with Gasteiger partial charge in [0.25, 0.3) is 11.8 Å². The van der Waals surface area contributed by atoms with Crippen LogP contribution in [0.25, 0.3) is 0 Å². The number of amides is 2. The molecule has 3 atom stereocenters. The van der Waals surface area contributed by atoms with E-state index in [0.29, 0.717) is 0 Å². The standard InChI is InChI=1S/C20H17NO3/c1-14(21-17(22)12-13-18(21)23)20(16-10-6-3-7-11-16)19(24-20)15-8-4-2-5-9-15/h2-14,19H,1H3. The predicted molar refractivity (Wildman–Crippen MR) is 88.8 cm³/mol. The summed E-state index contributed by atoms with van der Waals surface area (Å²) in [6.45, 7) is 1.87. The Morgan fingerprint density at radius 1 is 0.917 bits per heavy atom. The average molecular weight is 319 g/mol. The second-order valence-corrected chi connectivity index (χ2v) is 6.12. The molecule has 2 heterocycles. The number of hydrogen-bond donors (Lipinski definition) is 0. The summed E-state index contributed by atoms with van der Waals surface area (Å²) in [5.74, 6) is -0.574. The summed E-state index contributed by atoms with van der Waals surface area (Å²) < 4.78 is 6.17. The van der Waals surface area contributed by atoms with Crippen LogP contribution in [0.4, 0.5) is 0 Å². The monoisotopic (exact) mass is 319 g/mol. The van der Waals surface area contributed by atoms with Crippen LogP contribution in [0, 0.1) is 0 Å². The molecule has 2 aliphatic rings. The van der Waals surface area contributed by atoms with Crippen LogP contribution in [-0.4, -0.2) is 22.8 Å². The Labute approximate surface area is 140 Å². The molecule has 0 spiro atoms. The molecule has 0 aromatic heterocycles. The van der Waals surface area contributed by atoms with Crippen LogP contribution in [0.1, 0.15) is 24.2 Å². The van der Waals surface area contributed by atoms with Gasteiger partial charge in [-0.15, -0.1) is 0 Å². The van der Waals surface area contributed by atoms with Gasteiger partial charge in [0.15, 0.2) is 0 Å². The molecule has 4 rings (SSSR count). The van der Waals surface area contributed by atoms with E-state index in [4.69, 9.17) is 4.74 Å². The van der Waals surface area contributed by atoms with Crippen molar-refractivity contribution in [1.29, 1.82) is 0 Å². The molecule has 4 nitrogen and oxygen atoms in total. The van der Waals surface area contributed by atoms with Crippen LogP contribution in [0.3, 0.4) is 0 Å². The SMILES string of the molecule is CC(N1C(=O)C=CC1=O)C1(c2ccccc2)OC1c1ccccc1. The van der Waals surface area contributed by atoms with E-state index in [9.17, 15) is 9.59 Å². The minimum Gasteiger partial charge on any atom is -0.354 e. The summed E-state index contributed by atoms with van der Waals surface area (Å²) in [7, 11) is 0. The highest BCUT2D eigenvalue weighted by Gasteiger charge is 2.64. The van der Waals surface area contributed by atoms with Gasteiger partial charge in [-0.25, -0.2) is 0 Å². The molecule has 4 heteroatoms. The quantitative estimate of drug-likeness (QED) is 0.643. The van der Waals surface area contributed by atoms with Crippen molar-refractivity contribution in [2.75, 3.05) is 0 Å². The van der Waals surface area contributed by atoms with Gasteiger partial charge >= 0.3 is 0 Å². The van der Waals surface area contributed by atoms with Crippen molar-refractivity contribution in [3.05, 3.63) is 83.9 Å². The number of benzene rings is 2. The molecular weight excluding hydrogens is 302 g/mol. The zero-order chi connectivity index (χ0) is 16.7. The molecule has 1 fully saturated rings. The van der Waals surface area contributed by atoms with Gasteiger partial charge in [0.1, 0.15) is 11.7 Å². The topological polar surface area (TPSA) is 49.9 Å². The van der Waals surface area contributed by atoms with Crippen molar-refractivity contribution in [2.24, 2.45) is 0 Å². The van der Waals surface area contributed by atoms with Gasteiger partial charge in [0, 0.05) is 12.2 Å². The Morgan fingerprint density at radius 3 is 2.04 bits per heavy atom. The Kier molecular flexibility index (Phi) is 3.36. The Balaban J connectivity index is 1.76. The summed E-state index contributed by atoms with van der Waals surface area (Å²) >= 11 is 0. The third-order valence-electron chi connectivity index (χ3n) is 4.82. The van der Waals surface area contributed by atoms with E-state index >= 15 is 0 Å². The first kappa shape index (κ1) is 14.8. The maximum absolute atomic E-state index is 12.1. The molecule has 24 heavy (non-hydrogen) atoms. The first-order valence-electron chi connectivity index (χ1n) is 7.98. The van der Waals surface area contributed by atoms with Crippen LogP contribution in [0.15, 0.2) is 72.8 Å². The number of epoxide rings is 1. The predicted octanol–water partition coefficient (Wildman–Crippen LogP) is 2.97. The van der Waals surface area contributed by atoms with E-state index < -0.39 is 11.6 Å². The molecule has 0 aliphatic carbocycles. The number of ether oxygens (including phenoxy) is 1. The van der Waals surface area contributed by atoms with E-state index in [1.54, 1.807) is 0 Å². The fourth-order valence-corrected chi connectivity index (χ4v) is 3.57. The molecule has 0 saturated carbocycles. The highest BCUT2D eigenvalue weighted by atomic mass is 16.6. The van der Waals surface area contributed by atoms with Crippen molar-refractivity contribution < 1.29 is 14.3 Å². The number of nitrogens with zero attached hydrogens (tertiary/aromatic N) is 1. The van der Waals surface area contributed by atoms with E-state index in [-0.39, 0.29) is 17.9 Å². The fraction of sp³-hybridized carbons (Fsp3) is 0.200. The molecule has 0 radical (unpaired) electrons. The maximum atomic E-state index is 12.1. The molecular formula is C20H17NO3. The van der Waals surface area contributed by atoms with Crippen molar-refractivity contribution in [2.45, 2.75) is 24.7 Å². The van der Waals surface area contributed by atoms with Crippen LogP contribution in [0.5, 0.6) is 0 Å². The van der Waals surface area contributed by atoms with Gasteiger partial charge in [0.2, 0.25) is 0 Å². The summed E-state index contributed by atoms with van der Waals surface area (Å²) in [4.78, 5) is 25.6. The van der Waals surface area contributed by atoms with Crippen molar-refractivity contribution in [3.63, 3.8) is 0 Å². The van der Waals surface area contributed by atoms with Crippen molar-refractivity contribution in [3.8, 4) is 0 Å². The smallest absolute Gasteiger partial charge is 0.253 e. The Hall–Kier alpha value is -2.72. The van der Waals surface area contributed by atoms with E-state index in [0.717, 1.165) is 11.1 Å². The average Bonchev–Trinajstić information content (AvgIpc) is 3.30. The van der Waals surface area contributed by atoms with E-state index in [2.05, 4.69) is 0 Å². The molecule has 2 aromatic rings. The summed E-state index contributed by atoms with van der Waals surface area (Å²) in [6, 6.07) is 19.3. The van der Waals surface area contributed by atoms with Crippen LogP contribution in [0.2, 0.25) is 0 Å². The Morgan fingerprint density at radius 2 is 1.46 bits per heavy atom. The first-order chi connectivity index (χ1) is 11.6. The highest BCUT2D eigenvalue weighted by Crippen LogP contribution is 2.60. The van der Waals surface area contributed by atoms with E-state index in [1.807, 2.05) is 67.6 Å². The summed E-state index contributed by atoms with van der Waals surface area (Å²) in [6.07, 6.45) is 2.45. The number of rotatable bonds is 4. The first-order valence-corrected chi connectivity index (χ1v) is 7.98. The summed E-state index contributed by atoms with van der Waals surface area (Å²) in [5.41, 5.74) is 1.30. The number of hydrogen-bond acceptors (Lipinski definition) is 3. The zero-order valence-electron chi connectivity index (χ0n) is 13.3. The van der Waals surface area contributed by atoms with Gasteiger partial charge in [-0.3, -0.25) is 14.5 Å². The minimum absolute atomic E-state index is 0.183. The normalized spacial score (nSPS) is 26.7. The van der Waals surface area contributed by atoms with Crippen molar-refractivity contribution >= 4 is 11.8 Å². The fourth-order valence-electron chi connectivity index (χ4n) is 3.57. The lowest BCUT2D eigenvalue weighted by atomic mass is 9.85. The maximum Gasteiger partial charge on any atom is 0.253 e. The third kappa shape index (κ3) is 2.11. The lowest BCUT2D eigenvalue weighted by Gasteiger charge is -2.29. The molecule has 2 amide bonds. The molecule has 0 bridgehead atoms. The molecule has 3 unspecified atom stereocenters. The summed E-state index contributed by atoms with van der Waals surface area (Å²) in [5, 5.41) is 0. The lowest BCUT2D eigenvalue weighted by molar-refractivity contribution is -0.140. The lowest BCUT2D eigenvalue weighted by Crippen LogP contribution is -2.46. The van der Waals surface area contributed by atoms with Gasteiger partial charge in [-0.1, -0.05) is 60.7 Å². The second-order valence-electron chi connectivity index (χ2n) is 6.12. The number of carbonyl (C=O) groups excluding carboxylic acids is 2. The van der Waals surface area contributed by atoms with Crippen LogP contribution in [-0.2, 0) is 19.9 Å². The van der Waals surface area contributed by atoms with Crippen LogP contribution >= 0.6 is 0 Å². The number of imide groups is 1. The molecule has 2 aromatic carbocycles. The third-order valence-corrected chi connectivity index (χ3v) is 4.82. The molecule has 2 aliphatic heterocycles. The molecule has 120 valence electrons. The van der Waals surface area contributed by atoms with Gasteiger partial charge in [-0.05, 0) is 18.1 Å². The second kappa shape index (κ2) is 5.42. The van der Waals surface area contributed by atoms with Crippen molar-refractivity contribution in [1.82, 2.24) is 4.90 Å². The zero-order valence-corrected chi connectivity index (χ0v) is 13.3. The van der Waals surface area contributed by atoms with Gasteiger partial charge in [0.05, 0.1) is 6.04 Å². The van der Waals surface area contributed by atoms with Gasteiger partial charge < -0.3 is 4.74 Å². The molecule has 0 N–H and O–H groups in total. The molecule has 1 saturated heterocycles. The van der Waals surface area contributed by atoms with Gasteiger partial charge in [-0.2, -0.15) is 0 Å². The highest BCUT2D eigenvalue weighted by molar-refractivity contribution is 6.13. The Bertz CT molecular complexity index is 797. The van der Waals surface area contributed by atoms with E-state index in [1.165, 1.54) is 17.1 Å². The number of carbonyl (C=O) groups is 2. The van der Waals surface area contributed by atoms with Crippen LogP contribution < -0.4 is 0 Å². The largest absolute Gasteiger partial charge is 0.354 e.